The third-order valence-electron chi connectivity index (χ3n) is 3.18. The molecule has 0 radical (unpaired) electrons. The van der Waals surface area contributed by atoms with E-state index in [4.69, 9.17) is 0 Å². The van der Waals surface area contributed by atoms with Crippen LogP contribution in [0.25, 0.3) is 0 Å². The van der Waals surface area contributed by atoms with E-state index in [0.717, 1.165) is 24.1 Å². The van der Waals surface area contributed by atoms with Crippen LogP contribution >= 0.6 is 0 Å². The Morgan fingerprint density at radius 2 is 1.90 bits per heavy atom. The molecule has 0 saturated heterocycles. The predicted molar refractivity (Wildman–Crippen MR) is 79.7 cm³/mol. The maximum Gasteiger partial charge on any atom is 0.273 e. The van der Waals surface area contributed by atoms with E-state index in [9.17, 15) is 10.1 Å². The minimum atomic E-state index is -0.326. The molecule has 2 aromatic carbocycles. The average Bonchev–Trinajstić information content (AvgIpc) is 2.44. The molecule has 2 aromatic rings. The quantitative estimate of drug-likeness (QED) is 0.498. The van der Waals surface area contributed by atoms with Gasteiger partial charge in [0.05, 0.1) is 4.92 Å². The van der Waals surface area contributed by atoms with E-state index in [-0.39, 0.29) is 10.6 Å². The molecule has 0 atom stereocenters. The van der Waals surface area contributed by atoms with E-state index in [0.29, 0.717) is 6.54 Å². The Kier molecular flexibility index (Phi) is 4.85. The van der Waals surface area contributed by atoms with Crippen molar-refractivity contribution in [3.63, 3.8) is 0 Å². The van der Waals surface area contributed by atoms with Crippen molar-refractivity contribution >= 4 is 5.69 Å². The van der Waals surface area contributed by atoms with Crippen LogP contribution < -0.4 is 5.32 Å². The smallest absolute Gasteiger partial charge is 0.273 e. The predicted octanol–water partition coefficient (Wildman–Crippen LogP) is 3.24. The van der Waals surface area contributed by atoms with Gasteiger partial charge >= 0.3 is 0 Å². The molecule has 0 aliphatic carbocycles. The number of nitro benzene ring substituents is 1. The Morgan fingerprint density at radius 1 is 1.15 bits per heavy atom. The first-order chi connectivity index (χ1) is 9.66. The molecule has 0 bridgehead atoms. The maximum atomic E-state index is 11.0. The molecule has 0 aliphatic heterocycles. The number of hydrogen-bond acceptors (Lipinski definition) is 3. The van der Waals surface area contributed by atoms with Gasteiger partial charge in [-0.05, 0) is 31.5 Å². The van der Waals surface area contributed by atoms with Crippen molar-refractivity contribution in [3.05, 3.63) is 75.3 Å². The summed E-state index contributed by atoms with van der Waals surface area (Å²) in [7, 11) is 0. The van der Waals surface area contributed by atoms with E-state index in [1.165, 1.54) is 5.56 Å². The Labute approximate surface area is 118 Å². The lowest BCUT2D eigenvalue weighted by Crippen LogP contribution is -2.17. The molecule has 0 amide bonds. The van der Waals surface area contributed by atoms with Crippen LogP contribution in [0.4, 0.5) is 5.69 Å². The zero-order valence-electron chi connectivity index (χ0n) is 11.5. The second-order valence-corrected chi connectivity index (χ2v) is 4.80. The first-order valence-electron chi connectivity index (χ1n) is 6.65. The van der Waals surface area contributed by atoms with Crippen molar-refractivity contribution in [1.82, 2.24) is 5.32 Å². The highest BCUT2D eigenvalue weighted by molar-refractivity contribution is 5.42. The molecule has 0 unspecified atom stereocenters. The third kappa shape index (κ3) is 3.90. The molecule has 0 fully saturated rings. The molecule has 20 heavy (non-hydrogen) atoms. The standard InChI is InChI=1S/C16H18N2O2/c1-13-7-8-16(18(19)20)15(11-13)12-17-10-9-14-5-3-2-4-6-14/h2-8,11,17H,9-10,12H2,1H3. The number of hydrogen-bond donors (Lipinski definition) is 1. The van der Waals surface area contributed by atoms with E-state index in [1.54, 1.807) is 12.1 Å². The minimum Gasteiger partial charge on any atom is -0.312 e. The summed E-state index contributed by atoms with van der Waals surface area (Å²) in [6.45, 7) is 3.26. The van der Waals surface area contributed by atoms with Crippen molar-refractivity contribution in [2.45, 2.75) is 19.9 Å². The number of aryl methyl sites for hydroxylation is 1. The highest BCUT2D eigenvalue weighted by Gasteiger charge is 2.12. The van der Waals surface area contributed by atoms with Crippen molar-refractivity contribution < 1.29 is 4.92 Å². The molecule has 0 heterocycles. The molecule has 1 N–H and O–H groups in total. The molecule has 4 nitrogen and oxygen atoms in total. The maximum absolute atomic E-state index is 11.0. The lowest BCUT2D eigenvalue weighted by molar-refractivity contribution is -0.385. The number of nitrogens with one attached hydrogen (secondary N) is 1. The number of benzene rings is 2. The second kappa shape index (κ2) is 6.82. The Balaban J connectivity index is 1.91. The lowest BCUT2D eigenvalue weighted by Gasteiger charge is -2.07. The number of rotatable bonds is 6. The Morgan fingerprint density at radius 3 is 2.60 bits per heavy atom. The monoisotopic (exact) mass is 270 g/mol. The van der Waals surface area contributed by atoms with Crippen LogP contribution in [0, 0.1) is 17.0 Å². The van der Waals surface area contributed by atoms with Crippen LogP contribution in [0.2, 0.25) is 0 Å². The van der Waals surface area contributed by atoms with Crippen LogP contribution in [0.15, 0.2) is 48.5 Å². The molecule has 0 aromatic heterocycles. The summed E-state index contributed by atoms with van der Waals surface area (Å²) in [6, 6.07) is 15.4. The Bertz CT molecular complexity index is 582. The van der Waals surface area contributed by atoms with E-state index in [2.05, 4.69) is 17.4 Å². The fourth-order valence-electron chi connectivity index (χ4n) is 2.13. The van der Waals surface area contributed by atoms with Crippen molar-refractivity contribution in [2.24, 2.45) is 0 Å². The van der Waals surface area contributed by atoms with E-state index >= 15 is 0 Å². The molecule has 0 saturated carbocycles. The van der Waals surface area contributed by atoms with Crippen LogP contribution in [0.3, 0.4) is 0 Å². The molecular formula is C16H18N2O2. The van der Waals surface area contributed by atoms with Crippen LogP contribution in [0.1, 0.15) is 16.7 Å². The molecule has 104 valence electrons. The number of nitrogens with zero attached hydrogens (tertiary/aromatic N) is 1. The molecule has 2 rings (SSSR count). The van der Waals surface area contributed by atoms with Gasteiger partial charge in [-0.25, -0.2) is 0 Å². The van der Waals surface area contributed by atoms with E-state index in [1.807, 2.05) is 31.2 Å². The summed E-state index contributed by atoms with van der Waals surface area (Å²) in [5.41, 5.74) is 3.22. The SMILES string of the molecule is Cc1ccc([N+](=O)[O-])c(CNCCc2ccccc2)c1. The zero-order chi connectivity index (χ0) is 14.4. The Hall–Kier alpha value is -2.20. The highest BCUT2D eigenvalue weighted by Crippen LogP contribution is 2.19. The first-order valence-corrected chi connectivity index (χ1v) is 6.65. The highest BCUT2D eigenvalue weighted by atomic mass is 16.6. The number of nitro groups is 1. The van der Waals surface area contributed by atoms with Gasteiger partial charge in [-0.15, -0.1) is 0 Å². The molecular weight excluding hydrogens is 252 g/mol. The molecule has 0 spiro atoms. The van der Waals surface area contributed by atoms with Gasteiger partial charge in [-0.1, -0.05) is 42.0 Å². The van der Waals surface area contributed by atoms with Gasteiger partial charge in [-0.2, -0.15) is 0 Å². The normalized spacial score (nSPS) is 10.4. The van der Waals surface area contributed by atoms with Gasteiger partial charge in [0.15, 0.2) is 0 Å². The minimum absolute atomic E-state index is 0.183. The van der Waals surface area contributed by atoms with E-state index < -0.39 is 0 Å². The van der Waals surface area contributed by atoms with Crippen LogP contribution in [-0.4, -0.2) is 11.5 Å². The van der Waals surface area contributed by atoms with Gasteiger partial charge in [0.2, 0.25) is 0 Å². The van der Waals surface area contributed by atoms with Crippen molar-refractivity contribution in [3.8, 4) is 0 Å². The second-order valence-electron chi connectivity index (χ2n) is 4.80. The topological polar surface area (TPSA) is 55.2 Å². The van der Waals surface area contributed by atoms with Gasteiger partial charge in [0.1, 0.15) is 0 Å². The third-order valence-corrected chi connectivity index (χ3v) is 3.18. The summed E-state index contributed by atoms with van der Waals surface area (Å²) in [5.74, 6) is 0. The van der Waals surface area contributed by atoms with Crippen LogP contribution in [-0.2, 0) is 13.0 Å². The summed E-state index contributed by atoms with van der Waals surface area (Å²) < 4.78 is 0. The van der Waals surface area contributed by atoms with Gasteiger partial charge in [0, 0.05) is 18.2 Å². The lowest BCUT2D eigenvalue weighted by atomic mass is 10.1. The summed E-state index contributed by atoms with van der Waals surface area (Å²) >= 11 is 0. The largest absolute Gasteiger partial charge is 0.312 e. The fraction of sp³-hybridized carbons (Fsp3) is 0.250. The van der Waals surface area contributed by atoms with Crippen molar-refractivity contribution in [1.29, 1.82) is 0 Å². The fourth-order valence-corrected chi connectivity index (χ4v) is 2.13. The summed E-state index contributed by atoms with van der Waals surface area (Å²) in [5, 5.41) is 14.2. The van der Waals surface area contributed by atoms with Gasteiger partial charge < -0.3 is 5.32 Å². The van der Waals surface area contributed by atoms with Crippen LogP contribution in [0.5, 0.6) is 0 Å². The van der Waals surface area contributed by atoms with Gasteiger partial charge in [-0.3, -0.25) is 10.1 Å². The molecule has 0 aliphatic rings. The molecule has 4 heteroatoms. The van der Waals surface area contributed by atoms with Crippen molar-refractivity contribution in [2.75, 3.05) is 6.54 Å². The van der Waals surface area contributed by atoms with Gasteiger partial charge in [0.25, 0.3) is 5.69 Å². The average molecular weight is 270 g/mol. The first kappa shape index (κ1) is 14.2. The summed E-state index contributed by atoms with van der Waals surface area (Å²) in [6.07, 6.45) is 0.917. The zero-order valence-corrected chi connectivity index (χ0v) is 11.5. The summed E-state index contributed by atoms with van der Waals surface area (Å²) in [4.78, 5) is 10.6.